The number of aryl methyl sites for hydroxylation is 1. The number of carbonyl (C=O) groups excluding carboxylic acids is 1. The van der Waals surface area contributed by atoms with Gasteiger partial charge in [-0.2, -0.15) is 0 Å². The van der Waals surface area contributed by atoms with Crippen molar-refractivity contribution in [3.8, 4) is 0 Å². The lowest BCUT2D eigenvalue weighted by Crippen LogP contribution is -2.49. The Labute approximate surface area is 140 Å². The van der Waals surface area contributed by atoms with E-state index in [-0.39, 0.29) is 5.91 Å². The summed E-state index contributed by atoms with van der Waals surface area (Å²) in [5, 5.41) is 1.08. The van der Waals surface area contributed by atoms with Gasteiger partial charge in [0.25, 0.3) is 5.91 Å². The number of anilines is 1. The van der Waals surface area contributed by atoms with E-state index in [9.17, 15) is 4.79 Å². The zero-order valence-corrected chi connectivity index (χ0v) is 13.6. The number of aromatic nitrogens is 3. The van der Waals surface area contributed by atoms with Gasteiger partial charge in [-0.3, -0.25) is 4.79 Å². The number of H-pyrrole nitrogens is 1. The number of nitrogens with one attached hydrogen (secondary N) is 1. The number of hydrogen-bond donors (Lipinski definition) is 1. The number of piperazine rings is 1. The van der Waals surface area contributed by atoms with Crippen LogP contribution in [0.5, 0.6) is 0 Å². The molecule has 1 aliphatic heterocycles. The zero-order valence-electron chi connectivity index (χ0n) is 13.6. The minimum Gasteiger partial charge on any atom is -0.359 e. The summed E-state index contributed by atoms with van der Waals surface area (Å²) >= 11 is 0. The van der Waals surface area contributed by atoms with Gasteiger partial charge in [0.15, 0.2) is 0 Å². The summed E-state index contributed by atoms with van der Waals surface area (Å²) in [5.41, 5.74) is 2.91. The molecule has 0 unspecified atom stereocenters. The summed E-state index contributed by atoms with van der Waals surface area (Å²) in [6.07, 6.45) is 3.49. The van der Waals surface area contributed by atoms with Crippen LogP contribution < -0.4 is 4.90 Å². The van der Waals surface area contributed by atoms with Crippen molar-refractivity contribution in [1.29, 1.82) is 0 Å². The van der Waals surface area contributed by atoms with Gasteiger partial charge >= 0.3 is 0 Å². The second-order valence-electron chi connectivity index (χ2n) is 6.08. The minimum atomic E-state index is 0.0874. The normalized spacial score (nSPS) is 15.0. The molecule has 1 aliphatic rings. The fourth-order valence-corrected chi connectivity index (χ4v) is 3.16. The molecular formula is C18H19N5O. The van der Waals surface area contributed by atoms with Crippen molar-refractivity contribution >= 4 is 22.8 Å². The van der Waals surface area contributed by atoms with Gasteiger partial charge in [0, 0.05) is 60.7 Å². The second-order valence-corrected chi connectivity index (χ2v) is 6.08. The fraction of sp³-hybridized carbons (Fsp3) is 0.278. The predicted octanol–water partition coefficient (Wildman–Crippen LogP) is 2.23. The molecule has 0 saturated carbocycles. The quantitative estimate of drug-likeness (QED) is 0.786. The molecular weight excluding hydrogens is 302 g/mol. The molecule has 0 bridgehead atoms. The number of amides is 1. The highest BCUT2D eigenvalue weighted by Crippen LogP contribution is 2.19. The number of nitrogens with zero attached hydrogens (tertiary/aromatic N) is 4. The van der Waals surface area contributed by atoms with E-state index in [0.29, 0.717) is 13.1 Å². The number of fused-ring (bicyclic) bond motifs is 1. The van der Waals surface area contributed by atoms with Crippen LogP contribution in [-0.4, -0.2) is 51.9 Å². The molecule has 0 atom stereocenters. The van der Waals surface area contributed by atoms with Crippen molar-refractivity contribution in [2.45, 2.75) is 6.92 Å². The summed E-state index contributed by atoms with van der Waals surface area (Å²) in [4.78, 5) is 28.6. The topological polar surface area (TPSA) is 65.1 Å². The Morgan fingerprint density at radius 1 is 1.08 bits per heavy atom. The molecule has 6 nitrogen and oxygen atoms in total. The van der Waals surface area contributed by atoms with Gasteiger partial charge in [-0.15, -0.1) is 0 Å². The van der Waals surface area contributed by atoms with Crippen LogP contribution in [0.1, 0.15) is 16.1 Å². The molecule has 1 saturated heterocycles. The van der Waals surface area contributed by atoms with Crippen molar-refractivity contribution < 1.29 is 4.79 Å². The van der Waals surface area contributed by atoms with Gasteiger partial charge in [0.1, 0.15) is 0 Å². The standard InChI is InChI=1S/C18H19N5O/c1-13-11-15-12-14(3-4-16(15)21-13)17(24)22-7-9-23(10-8-22)18-19-5-2-6-20-18/h2-6,11-12,21H,7-10H2,1H3. The Balaban J connectivity index is 1.47. The molecule has 3 aromatic rings. The SMILES string of the molecule is Cc1cc2cc(C(=O)N3CCN(c4ncccn4)CC3)ccc2[nH]1. The number of rotatable bonds is 2. The zero-order chi connectivity index (χ0) is 16.5. The molecule has 122 valence electrons. The molecule has 6 heteroatoms. The van der Waals surface area contributed by atoms with Crippen LogP contribution in [0.15, 0.2) is 42.7 Å². The molecule has 1 amide bonds. The minimum absolute atomic E-state index is 0.0874. The third kappa shape index (κ3) is 2.71. The lowest BCUT2D eigenvalue weighted by atomic mass is 10.1. The largest absolute Gasteiger partial charge is 0.359 e. The highest BCUT2D eigenvalue weighted by Gasteiger charge is 2.23. The first-order valence-corrected chi connectivity index (χ1v) is 8.11. The van der Waals surface area contributed by atoms with Gasteiger partial charge < -0.3 is 14.8 Å². The monoisotopic (exact) mass is 321 g/mol. The average molecular weight is 321 g/mol. The maximum absolute atomic E-state index is 12.8. The molecule has 24 heavy (non-hydrogen) atoms. The van der Waals surface area contributed by atoms with Gasteiger partial charge in [0.2, 0.25) is 5.95 Å². The molecule has 4 rings (SSSR count). The molecule has 1 aromatic carbocycles. The van der Waals surface area contributed by atoms with Gasteiger partial charge in [-0.05, 0) is 37.3 Å². The summed E-state index contributed by atoms with van der Waals surface area (Å²) in [6, 6.07) is 9.71. The first-order chi connectivity index (χ1) is 11.7. The number of carbonyl (C=O) groups is 1. The summed E-state index contributed by atoms with van der Waals surface area (Å²) < 4.78 is 0. The molecule has 0 radical (unpaired) electrons. The van der Waals surface area contributed by atoms with E-state index in [0.717, 1.165) is 41.2 Å². The second kappa shape index (κ2) is 5.96. The number of aromatic amines is 1. The Hall–Kier alpha value is -2.89. The van der Waals surface area contributed by atoms with Crippen LogP contribution in [-0.2, 0) is 0 Å². The van der Waals surface area contributed by atoms with Crippen molar-refractivity contribution in [3.05, 3.63) is 54.0 Å². The highest BCUT2D eigenvalue weighted by atomic mass is 16.2. The van der Waals surface area contributed by atoms with E-state index in [2.05, 4.69) is 25.9 Å². The van der Waals surface area contributed by atoms with E-state index in [4.69, 9.17) is 0 Å². The van der Waals surface area contributed by atoms with E-state index in [1.807, 2.05) is 36.1 Å². The Morgan fingerprint density at radius 2 is 1.83 bits per heavy atom. The van der Waals surface area contributed by atoms with E-state index < -0.39 is 0 Å². The maximum atomic E-state index is 12.8. The van der Waals surface area contributed by atoms with Gasteiger partial charge in [0.05, 0.1) is 0 Å². The van der Waals surface area contributed by atoms with Crippen LogP contribution in [0.3, 0.4) is 0 Å². The summed E-state index contributed by atoms with van der Waals surface area (Å²) in [6.45, 7) is 4.89. The fourth-order valence-electron chi connectivity index (χ4n) is 3.16. The van der Waals surface area contributed by atoms with E-state index >= 15 is 0 Å². The van der Waals surface area contributed by atoms with Crippen LogP contribution in [0, 0.1) is 6.92 Å². The van der Waals surface area contributed by atoms with Crippen molar-refractivity contribution in [2.75, 3.05) is 31.1 Å². The first kappa shape index (κ1) is 14.7. The molecule has 2 aromatic heterocycles. The van der Waals surface area contributed by atoms with Crippen LogP contribution in [0.2, 0.25) is 0 Å². The lowest BCUT2D eigenvalue weighted by molar-refractivity contribution is 0.0746. The molecule has 1 N–H and O–H groups in total. The van der Waals surface area contributed by atoms with Gasteiger partial charge in [-0.1, -0.05) is 0 Å². The smallest absolute Gasteiger partial charge is 0.253 e. The highest BCUT2D eigenvalue weighted by molar-refractivity contribution is 5.98. The third-order valence-electron chi connectivity index (χ3n) is 4.40. The Morgan fingerprint density at radius 3 is 2.58 bits per heavy atom. The van der Waals surface area contributed by atoms with Crippen molar-refractivity contribution in [1.82, 2.24) is 19.9 Å². The third-order valence-corrected chi connectivity index (χ3v) is 4.40. The van der Waals surface area contributed by atoms with Crippen molar-refractivity contribution in [3.63, 3.8) is 0 Å². The maximum Gasteiger partial charge on any atom is 0.253 e. The number of hydrogen-bond acceptors (Lipinski definition) is 4. The molecule has 3 heterocycles. The molecule has 0 spiro atoms. The first-order valence-electron chi connectivity index (χ1n) is 8.11. The van der Waals surface area contributed by atoms with Crippen LogP contribution in [0.4, 0.5) is 5.95 Å². The van der Waals surface area contributed by atoms with Crippen LogP contribution in [0.25, 0.3) is 10.9 Å². The number of benzene rings is 1. The van der Waals surface area contributed by atoms with Gasteiger partial charge in [-0.25, -0.2) is 9.97 Å². The van der Waals surface area contributed by atoms with Crippen molar-refractivity contribution in [2.24, 2.45) is 0 Å². The summed E-state index contributed by atoms with van der Waals surface area (Å²) in [5.74, 6) is 0.818. The van der Waals surface area contributed by atoms with E-state index in [1.165, 1.54) is 0 Å². The Bertz CT molecular complexity index is 866. The van der Waals surface area contributed by atoms with Crippen LogP contribution >= 0.6 is 0 Å². The summed E-state index contributed by atoms with van der Waals surface area (Å²) in [7, 11) is 0. The van der Waals surface area contributed by atoms with E-state index in [1.54, 1.807) is 12.4 Å². The predicted molar refractivity (Wildman–Crippen MR) is 93.2 cm³/mol. The lowest BCUT2D eigenvalue weighted by Gasteiger charge is -2.34. The average Bonchev–Trinajstić information content (AvgIpc) is 3.01. The molecule has 0 aliphatic carbocycles. The Kier molecular flexibility index (Phi) is 3.65. The molecule has 1 fully saturated rings.